The molecule has 0 unspecified atom stereocenters. The highest BCUT2D eigenvalue weighted by Crippen LogP contribution is 2.44. The van der Waals surface area contributed by atoms with Crippen molar-refractivity contribution in [2.75, 3.05) is 6.61 Å². The number of pyridine rings is 1. The Balaban J connectivity index is 2.26. The van der Waals surface area contributed by atoms with Crippen LogP contribution in [0.4, 0.5) is 0 Å². The first kappa shape index (κ1) is 13.4. The largest absolute Gasteiger partial charge is 0.462 e. The Morgan fingerprint density at radius 1 is 1.45 bits per heavy atom. The molecule has 1 aliphatic carbocycles. The summed E-state index contributed by atoms with van der Waals surface area (Å²) in [6.45, 7) is 4.13. The van der Waals surface area contributed by atoms with E-state index in [0.29, 0.717) is 23.1 Å². The summed E-state index contributed by atoms with van der Waals surface area (Å²) in [7, 11) is 0. The summed E-state index contributed by atoms with van der Waals surface area (Å²) in [4.78, 5) is 16.9. The number of carbonyl (C=O) groups is 1. The molecule has 1 heterocycles. The minimum Gasteiger partial charge on any atom is -0.462 e. The number of benzene rings is 1. The predicted molar refractivity (Wildman–Crippen MR) is 79.4 cm³/mol. The molecule has 3 rings (SSSR count). The summed E-state index contributed by atoms with van der Waals surface area (Å²) in [5.41, 5.74) is 3.18. The Hall–Kier alpha value is -1.61. The number of carbonyl (C=O) groups excluding carboxylic acids is 1. The molecule has 0 aliphatic heterocycles. The number of esters is 1. The molecule has 1 saturated carbocycles. The fourth-order valence-corrected chi connectivity index (χ4v) is 2.73. The molecule has 0 atom stereocenters. The lowest BCUT2D eigenvalue weighted by Crippen LogP contribution is -2.10. The lowest BCUT2D eigenvalue weighted by atomic mass is 10.0. The molecular formula is C16H16ClNO2. The van der Waals surface area contributed by atoms with E-state index in [9.17, 15) is 4.79 Å². The van der Waals surface area contributed by atoms with E-state index >= 15 is 0 Å². The fourth-order valence-electron chi connectivity index (χ4n) is 2.41. The van der Waals surface area contributed by atoms with Gasteiger partial charge in [0.15, 0.2) is 0 Å². The van der Waals surface area contributed by atoms with Crippen LogP contribution in [-0.2, 0) is 4.74 Å². The second-order valence-corrected chi connectivity index (χ2v) is 5.58. The van der Waals surface area contributed by atoms with Crippen LogP contribution in [-0.4, -0.2) is 17.6 Å². The van der Waals surface area contributed by atoms with Crippen molar-refractivity contribution >= 4 is 28.5 Å². The van der Waals surface area contributed by atoms with Gasteiger partial charge in [-0.3, -0.25) is 4.98 Å². The van der Waals surface area contributed by atoms with E-state index in [1.165, 1.54) is 0 Å². The Bertz CT molecular complexity index is 692. The Morgan fingerprint density at radius 2 is 2.20 bits per heavy atom. The quantitative estimate of drug-likeness (QED) is 0.793. The molecule has 3 nitrogen and oxygen atoms in total. The highest BCUT2D eigenvalue weighted by molar-refractivity contribution is 6.38. The summed E-state index contributed by atoms with van der Waals surface area (Å²) in [5.74, 6) is -0.0204. The summed E-state index contributed by atoms with van der Waals surface area (Å²) in [6.07, 6.45) is 2.13. The topological polar surface area (TPSA) is 39.2 Å². The van der Waals surface area contributed by atoms with Gasteiger partial charge in [0.2, 0.25) is 0 Å². The van der Waals surface area contributed by atoms with E-state index in [-0.39, 0.29) is 5.97 Å². The van der Waals surface area contributed by atoms with Gasteiger partial charge in [0.05, 0.1) is 22.8 Å². The predicted octanol–water partition coefficient (Wildman–Crippen LogP) is 4.25. The normalized spacial score (nSPS) is 14.6. The third-order valence-electron chi connectivity index (χ3n) is 3.55. The van der Waals surface area contributed by atoms with Crippen molar-refractivity contribution in [2.45, 2.75) is 32.6 Å². The Morgan fingerprint density at radius 3 is 2.85 bits per heavy atom. The molecular weight excluding hydrogens is 274 g/mol. The number of fused-ring (bicyclic) bond motifs is 1. The molecule has 1 aromatic carbocycles. The van der Waals surface area contributed by atoms with Crippen molar-refractivity contribution < 1.29 is 9.53 Å². The SMILES string of the molecule is CCOC(=O)c1c(C2CC2)nc2ccc(C)cc2c1Cl. The highest BCUT2D eigenvalue weighted by atomic mass is 35.5. The van der Waals surface area contributed by atoms with Crippen LogP contribution in [0.2, 0.25) is 5.02 Å². The summed E-state index contributed by atoms with van der Waals surface area (Å²) < 4.78 is 5.14. The second-order valence-electron chi connectivity index (χ2n) is 5.20. The molecule has 0 spiro atoms. The molecule has 0 saturated heterocycles. The molecule has 104 valence electrons. The monoisotopic (exact) mass is 289 g/mol. The number of nitrogens with zero attached hydrogens (tertiary/aromatic N) is 1. The zero-order chi connectivity index (χ0) is 14.3. The van der Waals surface area contributed by atoms with Crippen molar-refractivity contribution in [3.63, 3.8) is 0 Å². The zero-order valence-corrected chi connectivity index (χ0v) is 12.3. The molecule has 0 radical (unpaired) electrons. The second kappa shape index (κ2) is 5.06. The average Bonchev–Trinajstić information content (AvgIpc) is 3.23. The molecule has 1 aliphatic rings. The molecule has 4 heteroatoms. The fraction of sp³-hybridized carbons (Fsp3) is 0.375. The highest BCUT2D eigenvalue weighted by Gasteiger charge is 2.32. The van der Waals surface area contributed by atoms with Crippen LogP contribution in [0, 0.1) is 6.92 Å². The van der Waals surface area contributed by atoms with Gasteiger partial charge in [-0.05, 0) is 38.8 Å². The van der Waals surface area contributed by atoms with E-state index in [1.54, 1.807) is 6.92 Å². The van der Waals surface area contributed by atoms with Gasteiger partial charge in [-0.15, -0.1) is 0 Å². The van der Waals surface area contributed by atoms with Crippen molar-refractivity contribution in [2.24, 2.45) is 0 Å². The first-order valence-corrected chi connectivity index (χ1v) is 7.26. The van der Waals surface area contributed by atoms with E-state index in [2.05, 4.69) is 4.98 Å². The number of aryl methyl sites for hydroxylation is 1. The maximum absolute atomic E-state index is 12.2. The number of ether oxygens (including phenoxy) is 1. The average molecular weight is 290 g/mol. The van der Waals surface area contributed by atoms with Gasteiger partial charge in [-0.2, -0.15) is 0 Å². The Kier molecular flexibility index (Phi) is 3.38. The van der Waals surface area contributed by atoms with Gasteiger partial charge in [0.25, 0.3) is 0 Å². The first-order chi connectivity index (χ1) is 9.61. The van der Waals surface area contributed by atoms with Crippen LogP contribution < -0.4 is 0 Å². The van der Waals surface area contributed by atoms with Gasteiger partial charge in [-0.1, -0.05) is 23.2 Å². The van der Waals surface area contributed by atoms with Crippen LogP contribution in [0.3, 0.4) is 0 Å². The molecule has 1 aromatic heterocycles. The van der Waals surface area contributed by atoms with Gasteiger partial charge in [-0.25, -0.2) is 4.79 Å². The molecule has 2 aromatic rings. The van der Waals surface area contributed by atoms with Crippen LogP contribution in [0.5, 0.6) is 0 Å². The maximum Gasteiger partial charge on any atom is 0.341 e. The van der Waals surface area contributed by atoms with Crippen molar-refractivity contribution in [3.05, 3.63) is 40.0 Å². The Labute approximate surface area is 122 Å². The third-order valence-corrected chi connectivity index (χ3v) is 3.94. The van der Waals surface area contributed by atoms with E-state index in [0.717, 1.165) is 35.0 Å². The number of halogens is 1. The third kappa shape index (κ3) is 2.27. The molecule has 1 fully saturated rings. The minimum absolute atomic E-state index is 0.338. The number of hydrogen-bond donors (Lipinski definition) is 0. The molecule has 0 amide bonds. The lowest BCUT2D eigenvalue weighted by Gasteiger charge is -2.12. The lowest BCUT2D eigenvalue weighted by molar-refractivity contribution is 0.0525. The number of hydrogen-bond acceptors (Lipinski definition) is 3. The number of aromatic nitrogens is 1. The van der Waals surface area contributed by atoms with Crippen LogP contribution in [0.15, 0.2) is 18.2 Å². The summed E-state index contributed by atoms with van der Waals surface area (Å²) in [5, 5.41) is 1.29. The summed E-state index contributed by atoms with van der Waals surface area (Å²) in [6, 6.07) is 5.92. The van der Waals surface area contributed by atoms with Gasteiger partial charge in [0.1, 0.15) is 5.56 Å². The summed E-state index contributed by atoms with van der Waals surface area (Å²) >= 11 is 6.48. The van der Waals surface area contributed by atoms with Gasteiger partial charge in [0, 0.05) is 11.3 Å². The maximum atomic E-state index is 12.2. The molecule has 20 heavy (non-hydrogen) atoms. The van der Waals surface area contributed by atoms with Gasteiger partial charge < -0.3 is 4.74 Å². The number of rotatable bonds is 3. The van der Waals surface area contributed by atoms with Crippen LogP contribution in [0.1, 0.15) is 47.3 Å². The van der Waals surface area contributed by atoms with E-state index in [1.807, 2.05) is 25.1 Å². The van der Waals surface area contributed by atoms with Crippen molar-refractivity contribution in [1.29, 1.82) is 0 Å². The molecule has 0 N–H and O–H groups in total. The minimum atomic E-state index is -0.365. The van der Waals surface area contributed by atoms with E-state index < -0.39 is 0 Å². The van der Waals surface area contributed by atoms with Crippen LogP contribution >= 0.6 is 11.6 Å². The first-order valence-electron chi connectivity index (χ1n) is 6.88. The smallest absolute Gasteiger partial charge is 0.341 e. The van der Waals surface area contributed by atoms with Gasteiger partial charge >= 0.3 is 5.97 Å². The van der Waals surface area contributed by atoms with Crippen molar-refractivity contribution in [1.82, 2.24) is 4.98 Å². The standard InChI is InChI=1S/C16H16ClNO2/c1-3-20-16(19)13-14(17)11-8-9(2)4-7-12(11)18-15(13)10-5-6-10/h4,7-8,10H,3,5-6H2,1-2H3. The zero-order valence-electron chi connectivity index (χ0n) is 11.6. The van der Waals surface area contributed by atoms with Crippen molar-refractivity contribution in [3.8, 4) is 0 Å². The molecule has 0 bridgehead atoms. The van der Waals surface area contributed by atoms with E-state index in [4.69, 9.17) is 16.3 Å². The van der Waals surface area contributed by atoms with Crippen LogP contribution in [0.25, 0.3) is 10.9 Å².